The van der Waals surface area contributed by atoms with Gasteiger partial charge in [-0.2, -0.15) is 0 Å². The van der Waals surface area contributed by atoms with Crippen LogP contribution in [0.3, 0.4) is 0 Å². The van der Waals surface area contributed by atoms with E-state index in [1.165, 1.54) is 28.5 Å². The van der Waals surface area contributed by atoms with Gasteiger partial charge in [-0.25, -0.2) is 0 Å². The van der Waals surface area contributed by atoms with Crippen LogP contribution in [0.4, 0.5) is 5.69 Å². The van der Waals surface area contributed by atoms with Gasteiger partial charge in [0.25, 0.3) is 0 Å². The monoisotopic (exact) mass is 364 g/mol. The molecule has 1 atom stereocenters. The van der Waals surface area contributed by atoms with Gasteiger partial charge in [0.15, 0.2) is 5.78 Å². The van der Waals surface area contributed by atoms with Gasteiger partial charge < -0.3 is 15.3 Å². The molecule has 4 nitrogen and oxygen atoms in total. The molecule has 0 heterocycles. The third kappa shape index (κ3) is 5.06. The molecule has 0 amide bonds. The average molecular weight is 364 g/mol. The second kappa shape index (κ2) is 8.98. The van der Waals surface area contributed by atoms with Crippen molar-refractivity contribution in [1.82, 2.24) is 5.32 Å². The van der Waals surface area contributed by atoms with Crippen molar-refractivity contribution in [1.29, 1.82) is 0 Å². The highest BCUT2D eigenvalue weighted by atomic mass is 16.3. The van der Waals surface area contributed by atoms with Crippen molar-refractivity contribution in [3.63, 3.8) is 0 Å². The lowest BCUT2D eigenvalue weighted by Crippen LogP contribution is -2.21. The van der Waals surface area contributed by atoms with Crippen molar-refractivity contribution in [2.45, 2.75) is 25.3 Å². The van der Waals surface area contributed by atoms with Crippen LogP contribution in [0.5, 0.6) is 0 Å². The van der Waals surface area contributed by atoms with E-state index in [1.807, 2.05) is 6.07 Å². The first kappa shape index (κ1) is 19.3. The second-order valence-electron chi connectivity index (χ2n) is 7.27. The Hall–Kier alpha value is -2.43. The van der Waals surface area contributed by atoms with E-state index in [0.717, 1.165) is 31.4 Å². The lowest BCUT2D eigenvalue weighted by molar-refractivity contribution is -0.117. The van der Waals surface area contributed by atoms with E-state index in [2.05, 4.69) is 60.7 Å². The minimum atomic E-state index is -0.439. The Morgan fingerprint density at radius 1 is 1.22 bits per heavy atom. The van der Waals surface area contributed by atoms with E-state index in [0.29, 0.717) is 6.04 Å². The normalized spacial score (nSPS) is 15.9. The highest BCUT2D eigenvalue weighted by Gasteiger charge is 2.21. The number of rotatable bonds is 8. The zero-order chi connectivity index (χ0) is 19.2. The summed E-state index contributed by atoms with van der Waals surface area (Å²) >= 11 is 0. The van der Waals surface area contributed by atoms with E-state index in [4.69, 9.17) is 5.11 Å². The molecule has 0 bridgehead atoms. The van der Waals surface area contributed by atoms with Crippen LogP contribution in [-0.2, 0) is 17.6 Å². The first-order chi connectivity index (χ1) is 13.1. The standard InChI is InChI=1S/C23H28N2O2/c1-25(2)20-8-3-17(4-9-20)13-14-24-23-12-7-19-15-18(6-11-22(19)23)5-10-21(27)16-26/h3-6,8-11,15,23-24,26H,7,12-14,16H2,1-2H3/b10-5+. The van der Waals surface area contributed by atoms with Gasteiger partial charge in [0.2, 0.25) is 0 Å². The largest absolute Gasteiger partial charge is 0.388 e. The zero-order valence-electron chi connectivity index (χ0n) is 16.1. The van der Waals surface area contributed by atoms with Crippen LogP contribution in [0.1, 0.15) is 34.7 Å². The molecule has 3 rings (SSSR count). The fourth-order valence-corrected chi connectivity index (χ4v) is 3.55. The van der Waals surface area contributed by atoms with E-state index < -0.39 is 6.61 Å². The molecule has 0 aromatic heterocycles. The van der Waals surface area contributed by atoms with Crippen LogP contribution in [0.25, 0.3) is 6.08 Å². The summed E-state index contributed by atoms with van der Waals surface area (Å²) in [6.07, 6.45) is 6.40. The Kier molecular flexibility index (Phi) is 6.43. The molecule has 1 unspecified atom stereocenters. The molecule has 1 aliphatic carbocycles. The van der Waals surface area contributed by atoms with Crippen molar-refractivity contribution in [3.8, 4) is 0 Å². The number of hydrogen-bond acceptors (Lipinski definition) is 4. The summed E-state index contributed by atoms with van der Waals surface area (Å²) in [7, 11) is 4.11. The van der Waals surface area contributed by atoms with Crippen molar-refractivity contribution in [2.24, 2.45) is 0 Å². The van der Waals surface area contributed by atoms with Gasteiger partial charge >= 0.3 is 0 Å². The van der Waals surface area contributed by atoms with Crippen molar-refractivity contribution < 1.29 is 9.90 Å². The van der Waals surface area contributed by atoms with Crippen LogP contribution < -0.4 is 10.2 Å². The fourth-order valence-electron chi connectivity index (χ4n) is 3.55. The third-order valence-corrected chi connectivity index (χ3v) is 5.12. The smallest absolute Gasteiger partial charge is 0.181 e. The minimum Gasteiger partial charge on any atom is -0.388 e. The molecule has 0 radical (unpaired) electrons. The van der Waals surface area contributed by atoms with Crippen LogP contribution >= 0.6 is 0 Å². The van der Waals surface area contributed by atoms with E-state index in [-0.39, 0.29) is 5.78 Å². The summed E-state index contributed by atoms with van der Waals surface area (Å²) in [6, 6.07) is 15.5. The number of nitrogens with one attached hydrogen (secondary N) is 1. The summed E-state index contributed by atoms with van der Waals surface area (Å²) in [5.74, 6) is -0.270. The molecular formula is C23H28N2O2. The van der Waals surface area contributed by atoms with Gasteiger partial charge in [-0.15, -0.1) is 0 Å². The summed E-state index contributed by atoms with van der Waals surface area (Å²) in [4.78, 5) is 13.3. The van der Waals surface area contributed by atoms with Crippen molar-refractivity contribution in [2.75, 3.05) is 32.1 Å². The van der Waals surface area contributed by atoms with Gasteiger partial charge in [-0.1, -0.05) is 36.4 Å². The van der Waals surface area contributed by atoms with Crippen molar-refractivity contribution in [3.05, 3.63) is 70.8 Å². The molecule has 0 aliphatic heterocycles. The number of anilines is 1. The molecular weight excluding hydrogens is 336 g/mol. The third-order valence-electron chi connectivity index (χ3n) is 5.12. The average Bonchev–Trinajstić information content (AvgIpc) is 3.08. The molecule has 0 saturated heterocycles. The zero-order valence-corrected chi connectivity index (χ0v) is 16.1. The van der Waals surface area contributed by atoms with E-state index in [1.54, 1.807) is 6.08 Å². The minimum absolute atomic E-state index is 0.270. The Bertz CT molecular complexity index is 810. The summed E-state index contributed by atoms with van der Waals surface area (Å²) in [6.45, 7) is 0.517. The Balaban J connectivity index is 1.55. The van der Waals surface area contributed by atoms with Gasteiger partial charge in [-0.05, 0) is 66.3 Å². The number of fused-ring (bicyclic) bond motifs is 1. The highest BCUT2D eigenvalue weighted by Crippen LogP contribution is 2.32. The molecule has 0 spiro atoms. The maximum Gasteiger partial charge on any atom is 0.181 e. The Labute approximate surface area is 161 Å². The first-order valence-electron chi connectivity index (χ1n) is 9.51. The molecule has 1 aliphatic rings. The van der Waals surface area contributed by atoms with Crippen LogP contribution in [0.15, 0.2) is 48.5 Å². The number of benzene rings is 2. The van der Waals surface area contributed by atoms with Gasteiger partial charge in [0.1, 0.15) is 6.61 Å². The molecule has 2 aromatic rings. The van der Waals surface area contributed by atoms with Crippen LogP contribution in [-0.4, -0.2) is 38.1 Å². The predicted octanol–water partition coefficient (Wildman–Crippen LogP) is 3.15. The molecule has 4 heteroatoms. The number of carbonyl (C=O) groups excluding carboxylic acids is 1. The number of carbonyl (C=O) groups is 1. The Morgan fingerprint density at radius 3 is 2.70 bits per heavy atom. The SMILES string of the molecule is CN(C)c1ccc(CCNC2CCc3cc(/C=C/C(=O)CO)ccc32)cc1. The maximum absolute atomic E-state index is 11.2. The summed E-state index contributed by atoms with van der Waals surface area (Å²) in [5.41, 5.74) is 6.30. The van der Waals surface area contributed by atoms with Gasteiger partial charge in [0, 0.05) is 25.8 Å². The highest BCUT2D eigenvalue weighted by molar-refractivity contribution is 5.94. The predicted molar refractivity (Wildman–Crippen MR) is 111 cm³/mol. The first-order valence-corrected chi connectivity index (χ1v) is 9.51. The van der Waals surface area contributed by atoms with Gasteiger partial charge in [0.05, 0.1) is 0 Å². The molecule has 0 saturated carbocycles. The maximum atomic E-state index is 11.2. The number of nitrogens with zero attached hydrogens (tertiary/aromatic N) is 1. The number of aliphatic hydroxyl groups is 1. The van der Waals surface area contributed by atoms with E-state index in [9.17, 15) is 4.79 Å². The van der Waals surface area contributed by atoms with Crippen LogP contribution in [0.2, 0.25) is 0 Å². The lowest BCUT2D eigenvalue weighted by Gasteiger charge is -2.15. The molecule has 2 N–H and O–H groups in total. The molecule has 0 fully saturated rings. The quantitative estimate of drug-likeness (QED) is 0.707. The number of aryl methyl sites for hydroxylation is 1. The van der Waals surface area contributed by atoms with Gasteiger partial charge in [-0.3, -0.25) is 4.79 Å². The van der Waals surface area contributed by atoms with Crippen molar-refractivity contribution >= 4 is 17.5 Å². The molecule has 2 aromatic carbocycles. The summed E-state index contributed by atoms with van der Waals surface area (Å²) < 4.78 is 0. The summed E-state index contributed by atoms with van der Waals surface area (Å²) in [5, 5.41) is 12.5. The topological polar surface area (TPSA) is 52.6 Å². The fraction of sp³-hybridized carbons (Fsp3) is 0.348. The number of ketones is 1. The molecule has 27 heavy (non-hydrogen) atoms. The number of aliphatic hydroxyl groups excluding tert-OH is 1. The van der Waals surface area contributed by atoms with E-state index >= 15 is 0 Å². The second-order valence-corrected chi connectivity index (χ2v) is 7.27. The van der Waals surface area contributed by atoms with Crippen LogP contribution in [0, 0.1) is 0 Å². The Morgan fingerprint density at radius 2 is 2.00 bits per heavy atom. The number of hydrogen-bond donors (Lipinski definition) is 2. The lowest BCUT2D eigenvalue weighted by atomic mass is 10.0. The molecule has 142 valence electrons.